The highest BCUT2D eigenvalue weighted by Crippen LogP contribution is 2.19. The van der Waals surface area contributed by atoms with Crippen LogP contribution in [-0.2, 0) is 9.53 Å². The molecule has 0 saturated heterocycles. The summed E-state index contributed by atoms with van der Waals surface area (Å²) in [6.07, 6.45) is 4.85. The third-order valence-corrected chi connectivity index (χ3v) is 4.02. The summed E-state index contributed by atoms with van der Waals surface area (Å²) in [5.41, 5.74) is 2.90. The Morgan fingerprint density at radius 1 is 0.885 bits per heavy atom. The van der Waals surface area contributed by atoms with Crippen molar-refractivity contribution in [2.45, 2.75) is 25.7 Å². The minimum absolute atomic E-state index is 0.0514. The van der Waals surface area contributed by atoms with Gasteiger partial charge >= 0.3 is 5.97 Å². The summed E-state index contributed by atoms with van der Waals surface area (Å²) in [6.45, 7) is 4.41. The van der Waals surface area contributed by atoms with Crippen molar-refractivity contribution in [1.82, 2.24) is 5.32 Å². The van der Waals surface area contributed by atoms with Crippen LogP contribution in [0.15, 0.2) is 67.3 Å². The summed E-state index contributed by atoms with van der Waals surface area (Å²) < 4.78 is 4.91. The van der Waals surface area contributed by atoms with Gasteiger partial charge in [0.15, 0.2) is 0 Å². The maximum atomic E-state index is 12.2. The molecule has 1 amide bonds. The van der Waals surface area contributed by atoms with Gasteiger partial charge in [0, 0.05) is 18.2 Å². The Labute approximate surface area is 154 Å². The third-order valence-electron chi connectivity index (χ3n) is 4.02. The summed E-state index contributed by atoms with van der Waals surface area (Å²) in [6, 6.07) is 17.7. The van der Waals surface area contributed by atoms with Crippen LogP contribution in [0.1, 0.15) is 36.0 Å². The smallest absolute Gasteiger partial charge is 0.330 e. The molecule has 2 aromatic rings. The van der Waals surface area contributed by atoms with Crippen molar-refractivity contribution in [2.24, 2.45) is 0 Å². The zero-order valence-electron chi connectivity index (χ0n) is 14.9. The van der Waals surface area contributed by atoms with Gasteiger partial charge in [0.25, 0.3) is 5.91 Å². The Morgan fingerprint density at radius 2 is 1.54 bits per heavy atom. The lowest BCUT2D eigenvalue weighted by atomic mass is 10.0. The number of esters is 1. The number of nitrogens with one attached hydrogen (secondary N) is 1. The predicted octanol–water partition coefficient (Wildman–Crippen LogP) is 4.37. The average molecular weight is 351 g/mol. The molecule has 4 heteroatoms. The van der Waals surface area contributed by atoms with E-state index in [1.165, 1.54) is 6.08 Å². The van der Waals surface area contributed by atoms with E-state index >= 15 is 0 Å². The monoisotopic (exact) mass is 351 g/mol. The number of ether oxygens (including phenoxy) is 1. The number of hydrogen-bond acceptors (Lipinski definition) is 3. The summed E-state index contributed by atoms with van der Waals surface area (Å²) in [5, 5.41) is 2.94. The van der Waals surface area contributed by atoms with E-state index in [-0.39, 0.29) is 11.9 Å². The molecule has 0 bridgehead atoms. The van der Waals surface area contributed by atoms with Crippen LogP contribution in [-0.4, -0.2) is 25.0 Å². The lowest BCUT2D eigenvalue weighted by molar-refractivity contribution is -0.137. The third kappa shape index (κ3) is 6.55. The van der Waals surface area contributed by atoms with Crippen LogP contribution in [0, 0.1) is 0 Å². The van der Waals surface area contributed by atoms with E-state index < -0.39 is 0 Å². The number of rotatable bonds is 10. The molecule has 2 aromatic carbocycles. The lowest BCUT2D eigenvalue weighted by Crippen LogP contribution is -2.24. The van der Waals surface area contributed by atoms with E-state index in [9.17, 15) is 9.59 Å². The lowest BCUT2D eigenvalue weighted by Gasteiger charge is -2.07. The predicted molar refractivity (Wildman–Crippen MR) is 104 cm³/mol. The standard InChI is InChI=1S/C22H25NO3/c1-2-21(24)26-17-9-4-3-8-16-23-22(25)20-14-12-19(13-15-20)18-10-6-5-7-11-18/h2,5-7,10-15H,1,3-4,8-9,16-17H2,(H,23,25). The fourth-order valence-electron chi connectivity index (χ4n) is 2.56. The van der Waals surface area contributed by atoms with Gasteiger partial charge in [-0.05, 0) is 42.5 Å². The van der Waals surface area contributed by atoms with Crippen LogP contribution in [0.25, 0.3) is 11.1 Å². The van der Waals surface area contributed by atoms with Crippen molar-refractivity contribution in [3.05, 3.63) is 72.8 Å². The first kappa shape index (κ1) is 19.4. The van der Waals surface area contributed by atoms with Gasteiger partial charge in [-0.25, -0.2) is 4.79 Å². The van der Waals surface area contributed by atoms with Crippen LogP contribution in [0.2, 0.25) is 0 Å². The normalized spacial score (nSPS) is 10.2. The molecule has 0 atom stereocenters. The molecule has 0 fully saturated rings. The molecule has 0 spiro atoms. The van der Waals surface area contributed by atoms with Crippen molar-refractivity contribution in [2.75, 3.05) is 13.2 Å². The molecule has 0 radical (unpaired) electrons. The second-order valence-corrected chi connectivity index (χ2v) is 5.99. The van der Waals surface area contributed by atoms with Crippen molar-refractivity contribution >= 4 is 11.9 Å². The van der Waals surface area contributed by atoms with Gasteiger partial charge in [0.1, 0.15) is 0 Å². The molecule has 0 aromatic heterocycles. The number of carbonyl (C=O) groups is 2. The van der Waals surface area contributed by atoms with Gasteiger partial charge < -0.3 is 10.1 Å². The van der Waals surface area contributed by atoms with E-state index in [0.29, 0.717) is 18.7 Å². The first-order chi connectivity index (χ1) is 12.7. The molecular formula is C22H25NO3. The highest BCUT2D eigenvalue weighted by atomic mass is 16.5. The molecular weight excluding hydrogens is 326 g/mol. The van der Waals surface area contributed by atoms with Crippen molar-refractivity contribution < 1.29 is 14.3 Å². The highest BCUT2D eigenvalue weighted by Gasteiger charge is 2.05. The van der Waals surface area contributed by atoms with Crippen molar-refractivity contribution in [1.29, 1.82) is 0 Å². The van der Waals surface area contributed by atoms with E-state index in [0.717, 1.165) is 36.8 Å². The largest absolute Gasteiger partial charge is 0.463 e. The minimum Gasteiger partial charge on any atom is -0.463 e. The summed E-state index contributed by atoms with van der Waals surface area (Å²) in [7, 11) is 0. The number of hydrogen-bond donors (Lipinski definition) is 1. The van der Waals surface area contributed by atoms with Gasteiger partial charge in [0.2, 0.25) is 0 Å². The Morgan fingerprint density at radius 3 is 2.23 bits per heavy atom. The molecule has 2 rings (SSSR count). The van der Waals surface area contributed by atoms with Crippen molar-refractivity contribution in [3.63, 3.8) is 0 Å². The number of amides is 1. The first-order valence-corrected chi connectivity index (χ1v) is 8.93. The maximum absolute atomic E-state index is 12.2. The van der Waals surface area contributed by atoms with Gasteiger partial charge in [-0.3, -0.25) is 4.79 Å². The van der Waals surface area contributed by atoms with Crippen LogP contribution in [0.5, 0.6) is 0 Å². The highest BCUT2D eigenvalue weighted by molar-refractivity contribution is 5.94. The summed E-state index contributed by atoms with van der Waals surface area (Å²) in [5.74, 6) is -0.430. The number of unbranched alkanes of at least 4 members (excludes halogenated alkanes) is 3. The zero-order chi connectivity index (χ0) is 18.6. The molecule has 0 aliphatic heterocycles. The fourth-order valence-corrected chi connectivity index (χ4v) is 2.56. The van der Waals surface area contributed by atoms with E-state index in [4.69, 9.17) is 4.74 Å². The summed E-state index contributed by atoms with van der Waals surface area (Å²) in [4.78, 5) is 23.0. The van der Waals surface area contributed by atoms with Gasteiger partial charge in [-0.15, -0.1) is 0 Å². The zero-order valence-corrected chi connectivity index (χ0v) is 14.9. The molecule has 4 nitrogen and oxygen atoms in total. The van der Waals surface area contributed by atoms with Crippen LogP contribution >= 0.6 is 0 Å². The molecule has 1 N–H and O–H groups in total. The topological polar surface area (TPSA) is 55.4 Å². The molecule has 0 unspecified atom stereocenters. The molecule has 0 saturated carbocycles. The van der Waals surface area contributed by atoms with Gasteiger partial charge in [-0.1, -0.05) is 55.5 Å². The van der Waals surface area contributed by atoms with E-state index in [1.54, 1.807) is 0 Å². The second-order valence-electron chi connectivity index (χ2n) is 5.99. The number of carbonyl (C=O) groups excluding carboxylic acids is 2. The fraction of sp³-hybridized carbons (Fsp3) is 0.273. The number of benzene rings is 2. The van der Waals surface area contributed by atoms with Crippen LogP contribution in [0.4, 0.5) is 0 Å². The van der Waals surface area contributed by atoms with Gasteiger partial charge in [0.05, 0.1) is 6.61 Å². The molecule has 0 heterocycles. The molecule has 0 aliphatic rings. The molecule has 26 heavy (non-hydrogen) atoms. The maximum Gasteiger partial charge on any atom is 0.330 e. The Balaban J connectivity index is 1.64. The Bertz CT molecular complexity index is 708. The second kappa shape index (κ2) is 10.9. The molecule has 0 aliphatic carbocycles. The molecule has 136 valence electrons. The SMILES string of the molecule is C=CC(=O)OCCCCCCNC(=O)c1ccc(-c2ccccc2)cc1. The average Bonchev–Trinajstić information content (AvgIpc) is 2.70. The van der Waals surface area contributed by atoms with E-state index in [2.05, 4.69) is 11.9 Å². The Kier molecular flexibility index (Phi) is 8.13. The Hall–Kier alpha value is -2.88. The van der Waals surface area contributed by atoms with Crippen LogP contribution < -0.4 is 5.32 Å². The van der Waals surface area contributed by atoms with Gasteiger partial charge in [-0.2, -0.15) is 0 Å². The minimum atomic E-state index is -0.379. The first-order valence-electron chi connectivity index (χ1n) is 8.93. The quantitative estimate of drug-likeness (QED) is 0.393. The van der Waals surface area contributed by atoms with E-state index in [1.807, 2.05) is 54.6 Å². The van der Waals surface area contributed by atoms with Crippen molar-refractivity contribution in [3.8, 4) is 11.1 Å². The van der Waals surface area contributed by atoms with Crippen LogP contribution in [0.3, 0.4) is 0 Å². The summed E-state index contributed by atoms with van der Waals surface area (Å²) >= 11 is 0.